The number of nitrogens with one attached hydrogen (secondary N) is 1. The van der Waals surface area contributed by atoms with Crippen LogP contribution in [0, 0.1) is 6.92 Å². The second-order valence-corrected chi connectivity index (χ2v) is 9.58. The predicted molar refractivity (Wildman–Crippen MR) is 132 cm³/mol. The predicted octanol–water partition coefficient (Wildman–Crippen LogP) is 4.42. The summed E-state index contributed by atoms with van der Waals surface area (Å²) < 4.78 is 46.0. The monoisotopic (exact) mass is 510 g/mol. The van der Waals surface area contributed by atoms with Gasteiger partial charge in [0.2, 0.25) is 5.89 Å². The number of ether oxygens (including phenoxy) is 2. The normalized spacial score (nSPS) is 11.3. The van der Waals surface area contributed by atoms with Gasteiger partial charge in [0.05, 0.1) is 12.0 Å². The van der Waals surface area contributed by atoms with E-state index < -0.39 is 16.0 Å². The van der Waals surface area contributed by atoms with Gasteiger partial charge in [-0.05, 0) is 49.7 Å². The van der Waals surface area contributed by atoms with Gasteiger partial charge >= 0.3 is 5.97 Å². The van der Waals surface area contributed by atoms with E-state index in [4.69, 9.17) is 13.9 Å². The number of carbonyl (C=O) groups is 1. The fraction of sp³-hybridized carbons (Fsp3) is 0.240. The van der Waals surface area contributed by atoms with Gasteiger partial charge in [0, 0.05) is 18.3 Å². The number of hydrogen-bond acceptors (Lipinski definition) is 8. The van der Waals surface area contributed by atoms with E-state index in [1.165, 1.54) is 30.1 Å². The Morgan fingerprint density at radius 1 is 1.11 bits per heavy atom. The molecule has 0 radical (unpaired) electrons. The lowest BCUT2D eigenvalue weighted by molar-refractivity contribution is 0.0601. The van der Waals surface area contributed by atoms with Crippen molar-refractivity contribution >= 4 is 21.8 Å². The van der Waals surface area contributed by atoms with Gasteiger partial charge in [0.15, 0.2) is 5.82 Å². The van der Waals surface area contributed by atoms with Gasteiger partial charge in [-0.1, -0.05) is 25.1 Å². The number of aryl methyl sites for hydroxylation is 2. The van der Waals surface area contributed by atoms with E-state index in [9.17, 15) is 13.2 Å². The fourth-order valence-electron chi connectivity index (χ4n) is 3.42. The van der Waals surface area contributed by atoms with Crippen LogP contribution in [0.5, 0.6) is 5.75 Å². The van der Waals surface area contributed by atoms with Crippen molar-refractivity contribution in [3.63, 3.8) is 0 Å². The van der Waals surface area contributed by atoms with Crippen molar-refractivity contribution in [1.82, 2.24) is 14.8 Å². The van der Waals surface area contributed by atoms with Crippen LogP contribution in [-0.4, -0.2) is 36.3 Å². The number of esters is 1. The number of oxazole rings is 1. The maximum absolute atomic E-state index is 12.9. The highest BCUT2D eigenvalue weighted by molar-refractivity contribution is 7.92. The van der Waals surface area contributed by atoms with Crippen LogP contribution in [0.15, 0.2) is 70.1 Å². The van der Waals surface area contributed by atoms with Crippen molar-refractivity contribution in [2.45, 2.75) is 38.3 Å². The standard InChI is InChI=1S/C25H26N4O6S/c1-4-14-29-15-21(25(30)33-3)23(27-29)28-36(31,32)20-12-10-19(11-13-20)34-16-22-17(2)35-24(26-22)18-8-6-5-7-9-18/h5-13,15H,4,14,16H2,1-3H3,(H,27,28). The highest BCUT2D eigenvalue weighted by Gasteiger charge is 2.23. The molecule has 0 unspecified atom stereocenters. The Balaban J connectivity index is 1.45. The van der Waals surface area contributed by atoms with Crippen molar-refractivity contribution in [3.05, 3.63) is 77.8 Å². The quantitative estimate of drug-likeness (QED) is 0.311. The molecular weight excluding hydrogens is 484 g/mol. The Morgan fingerprint density at radius 3 is 2.50 bits per heavy atom. The lowest BCUT2D eigenvalue weighted by atomic mass is 10.2. The molecule has 0 aliphatic carbocycles. The molecule has 2 aromatic carbocycles. The highest BCUT2D eigenvalue weighted by atomic mass is 32.2. The molecule has 0 spiro atoms. The van der Waals surface area contributed by atoms with Crippen LogP contribution in [0.3, 0.4) is 0 Å². The summed E-state index contributed by atoms with van der Waals surface area (Å²) in [5.41, 5.74) is 1.54. The van der Waals surface area contributed by atoms with Gasteiger partial charge in [0.1, 0.15) is 29.4 Å². The van der Waals surface area contributed by atoms with Crippen molar-refractivity contribution < 1.29 is 27.1 Å². The summed E-state index contributed by atoms with van der Waals surface area (Å²) in [6.07, 6.45) is 2.22. The van der Waals surface area contributed by atoms with E-state index in [0.717, 1.165) is 12.0 Å². The maximum Gasteiger partial charge on any atom is 0.343 e. The summed E-state index contributed by atoms with van der Waals surface area (Å²) in [7, 11) is -2.79. The van der Waals surface area contributed by atoms with Gasteiger partial charge < -0.3 is 13.9 Å². The van der Waals surface area contributed by atoms with Crippen molar-refractivity contribution in [3.8, 4) is 17.2 Å². The topological polar surface area (TPSA) is 126 Å². The number of carbonyl (C=O) groups excluding carboxylic acids is 1. The number of methoxy groups -OCH3 is 1. The largest absolute Gasteiger partial charge is 0.487 e. The number of benzene rings is 2. The van der Waals surface area contributed by atoms with Crippen LogP contribution in [-0.2, 0) is 27.9 Å². The molecule has 36 heavy (non-hydrogen) atoms. The molecule has 0 fully saturated rings. The second-order valence-electron chi connectivity index (χ2n) is 7.90. The number of anilines is 1. The SMILES string of the molecule is CCCn1cc(C(=O)OC)c(NS(=O)(=O)c2ccc(OCc3nc(-c4ccccc4)oc3C)cc2)n1. The highest BCUT2D eigenvalue weighted by Crippen LogP contribution is 2.24. The molecule has 0 saturated carbocycles. The first kappa shape index (κ1) is 25.0. The molecule has 1 N–H and O–H groups in total. The minimum absolute atomic E-state index is 0.0142. The lowest BCUT2D eigenvalue weighted by Gasteiger charge is -2.09. The van der Waals surface area contributed by atoms with E-state index in [0.29, 0.717) is 29.6 Å². The summed E-state index contributed by atoms with van der Waals surface area (Å²) in [5, 5.41) is 4.18. The van der Waals surface area contributed by atoms with Gasteiger partial charge in [-0.15, -0.1) is 0 Å². The Bertz CT molecular complexity index is 1440. The third kappa shape index (κ3) is 5.57. The molecule has 10 nitrogen and oxygen atoms in total. The van der Waals surface area contributed by atoms with Gasteiger partial charge in [-0.3, -0.25) is 9.40 Å². The summed E-state index contributed by atoms with van der Waals surface area (Å²) in [6.45, 7) is 4.43. The van der Waals surface area contributed by atoms with Crippen LogP contribution >= 0.6 is 0 Å². The zero-order chi connectivity index (χ0) is 25.7. The molecule has 2 aromatic heterocycles. The van der Waals surface area contributed by atoms with Crippen molar-refractivity contribution in [2.24, 2.45) is 0 Å². The number of sulfonamides is 1. The second kappa shape index (κ2) is 10.6. The van der Waals surface area contributed by atoms with E-state index in [2.05, 4.69) is 14.8 Å². The molecule has 0 amide bonds. The first-order valence-electron chi connectivity index (χ1n) is 11.2. The molecule has 4 rings (SSSR count). The van der Waals surface area contributed by atoms with Gasteiger partial charge in [0.25, 0.3) is 10.0 Å². The summed E-state index contributed by atoms with van der Waals surface area (Å²) >= 11 is 0. The van der Waals surface area contributed by atoms with Crippen molar-refractivity contribution in [1.29, 1.82) is 0 Å². The Morgan fingerprint density at radius 2 is 1.83 bits per heavy atom. The smallest absolute Gasteiger partial charge is 0.343 e. The van der Waals surface area contributed by atoms with Crippen LogP contribution in [0.1, 0.15) is 35.2 Å². The van der Waals surface area contributed by atoms with E-state index in [1.54, 1.807) is 12.1 Å². The van der Waals surface area contributed by atoms with Crippen LogP contribution in [0.2, 0.25) is 0 Å². The fourth-order valence-corrected chi connectivity index (χ4v) is 4.44. The van der Waals surface area contributed by atoms with Crippen LogP contribution < -0.4 is 9.46 Å². The third-order valence-electron chi connectivity index (χ3n) is 5.27. The molecule has 0 bridgehead atoms. The number of hydrogen-bond donors (Lipinski definition) is 1. The average Bonchev–Trinajstić information content (AvgIpc) is 3.45. The minimum Gasteiger partial charge on any atom is -0.487 e. The first-order chi connectivity index (χ1) is 17.3. The molecule has 0 atom stereocenters. The lowest BCUT2D eigenvalue weighted by Crippen LogP contribution is -2.16. The first-order valence-corrected chi connectivity index (χ1v) is 12.7. The molecule has 4 aromatic rings. The summed E-state index contributed by atoms with van der Waals surface area (Å²) in [4.78, 5) is 16.6. The van der Waals surface area contributed by atoms with Crippen LogP contribution in [0.4, 0.5) is 5.82 Å². The molecule has 0 aliphatic heterocycles. The molecule has 2 heterocycles. The number of nitrogens with zero attached hydrogens (tertiary/aromatic N) is 3. The van der Waals surface area contributed by atoms with Crippen molar-refractivity contribution in [2.75, 3.05) is 11.8 Å². The number of rotatable bonds is 10. The minimum atomic E-state index is -4.01. The molecule has 0 saturated heterocycles. The third-order valence-corrected chi connectivity index (χ3v) is 6.63. The number of aromatic nitrogens is 3. The zero-order valence-corrected chi connectivity index (χ0v) is 20.9. The maximum atomic E-state index is 12.9. The average molecular weight is 511 g/mol. The summed E-state index contributed by atoms with van der Waals surface area (Å²) in [6, 6.07) is 15.4. The van der Waals surface area contributed by atoms with E-state index in [-0.39, 0.29) is 22.9 Å². The van der Waals surface area contributed by atoms with Gasteiger partial charge in [-0.25, -0.2) is 18.2 Å². The molecule has 11 heteroatoms. The molecule has 0 aliphatic rings. The molecule has 188 valence electrons. The zero-order valence-electron chi connectivity index (χ0n) is 20.1. The van der Waals surface area contributed by atoms with Gasteiger partial charge in [-0.2, -0.15) is 5.10 Å². The van der Waals surface area contributed by atoms with E-state index in [1.807, 2.05) is 44.2 Å². The van der Waals surface area contributed by atoms with E-state index >= 15 is 0 Å². The Hall–Kier alpha value is -4.12. The Labute approximate surface area is 208 Å². The summed E-state index contributed by atoms with van der Waals surface area (Å²) in [5.74, 6) is 0.830. The van der Waals surface area contributed by atoms with Crippen LogP contribution in [0.25, 0.3) is 11.5 Å². The Kier molecular flexibility index (Phi) is 7.39. The molecular formula is C25H26N4O6S.